The Labute approximate surface area is 132 Å². The van der Waals surface area contributed by atoms with Crippen LogP contribution in [0.2, 0.25) is 0 Å². The van der Waals surface area contributed by atoms with Gasteiger partial charge < -0.3 is 10.6 Å². The van der Waals surface area contributed by atoms with Crippen LogP contribution in [0.25, 0.3) is 0 Å². The molecule has 116 valence electrons. The van der Waals surface area contributed by atoms with Crippen LogP contribution in [0.1, 0.15) is 44.1 Å². The van der Waals surface area contributed by atoms with Crippen molar-refractivity contribution < 1.29 is 4.79 Å². The minimum absolute atomic E-state index is 0. The lowest BCUT2D eigenvalue weighted by molar-refractivity contribution is -0.138. The van der Waals surface area contributed by atoms with Crippen molar-refractivity contribution in [3.8, 4) is 0 Å². The highest BCUT2D eigenvalue weighted by Gasteiger charge is 2.37. The van der Waals surface area contributed by atoms with Crippen molar-refractivity contribution in [2.24, 2.45) is 11.7 Å². The Bertz CT molecular complexity index is 464. The lowest BCUT2D eigenvalue weighted by atomic mass is 9.85. The van der Waals surface area contributed by atoms with E-state index in [0.29, 0.717) is 11.9 Å². The molecule has 2 aliphatic rings. The molecule has 2 aliphatic carbocycles. The van der Waals surface area contributed by atoms with Gasteiger partial charge in [-0.05, 0) is 49.8 Å². The average Bonchev–Trinajstić information content (AvgIpc) is 3.30. The highest BCUT2D eigenvalue weighted by Crippen LogP contribution is 2.33. The quantitative estimate of drug-likeness (QED) is 0.929. The van der Waals surface area contributed by atoms with E-state index < -0.39 is 0 Å². The zero-order chi connectivity index (χ0) is 13.9. The molecule has 5 heteroatoms. The third kappa shape index (κ3) is 4.17. The van der Waals surface area contributed by atoms with E-state index in [4.69, 9.17) is 5.73 Å². The lowest BCUT2D eigenvalue weighted by Gasteiger charge is -2.31. The van der Waals surface area contributed by atoms with Gasteiger partial charge in [-0.1, -0.05) is 6.42 Å². The minimum Gasteiger partial charge on any atom is -0.335 e. The van der Waals surface area contributed by atoms with Crippen LogP contribution < -0.4 is 5.73 Å². The summed E-state index contributed by atoms with van der Waals surface area (Å²) in [6, 6.07) is 4.65. The first-order valence-corrected chi connectivity index (χ1v) is 7.69. The summed E-state index contributed by atoms with van der Waals surface area (Å²) in [5.41, 5.74) is 7.20. The molecule has 21 heavy (non-hydrogen) atoms. The summed E-state index contributed by atoms with van der Waals surface area (Å²) in [4.78, 5) is 18.9. The van der Waals surface area contributed by atoms with Crippen molar-refractivity contribution in [3.63, 3.8) is 0 Å². The Morgan fingerprint density at radius 3 is 2.57 bits per heavy atom. The Morgan fingerprint density at radius 2 is 1.95 bits per heavy atom. The summed E-state index contributed by atoms with van der Waals surface area (Å²) in [7, 11) is 0. The van der Waals surface area contributed by atoms with Crippen molar-refractivity contribution in [2.75, 3.05) is 0 Å². The number of pyridine rings is 1. The van der Waals surface area contributed by atoms with E-state index in [1.54, 1.807) is 12.4 Å². The molecule has 2 fully saturated rings. The molecule has 2 N–H and O–H groups in total. The van der Waals surface area contributed by atoms with Gasteiger partial charge in [0.2, 0.25) is 5.91 Å². The fourth-order valence-electron chi connectivity index (χ4n) is 3.14. The molecular formula is C16H24ClN3O. The molecule has 2 unspecified atom stereocenters. The summed E-state index contributed by atoms with van der Waals surface area (Å²) in [5, 5.41) is 0. The van der Waals surface area contributed by atoms with E-state index in [2.05, 4.69) is 9.88 Å². The molecule has 4 nitrogen and oxygen atoms in total. The van der Waals surface area contributed by atoms with Gasteiger partial charge in [0.1, 0.15) is 0 Å². The van der Waals surface area contributed by atoms with Gasteiger partial charge in [-0.2, -0.15) is 0 Å². The number of carbonyl (C=O) groups excluding carboxylic acids is 1. The molecule has 1 heterocycles. The predicted octanol–water partition coefficient (Wildman–Crippen LogP) is 2.51. The van der Waals surface area contributed by atoms with Gasteiger partial charge in [0.05, 0.1) is 0 Å². The van der Waals surface area contributed by atoms with Gasteiger partial charge in [0, 0.05) is 36.9 Å². The Hall–Kier alpha value is -1.13. The van der Waals surface area contributed by atoms with Gasteiger partial charge in [0.25, 0.3) is 0 Å². The second-order valence-electron chi connectivity index (χ2n) is 6.18. The Balaban J connectivity index is 0.00000161. The molecule has 3 rings (SSSR count). The first-order valence-electron chi connectivity index (χ1n) is 7.69. The fourth-order valence-corrected chi connectivity index (χ4v) is 3.14. The molecule has 0 spiro atoms. The Morgan fingerprint density at radius 1 is 1.24 bits per heavy atom. The zero-order valence-corrected chi connectivity index (χ0v) is 13.1. The predicted molar refractivity (Wildman–Crippen MR) is 85.0 cm³/mol. The normalized spacial score (nSPS) is 25.0. The molecule has 0 aliphatic heterocycles. The lowest BCUT2D eigenvalue weighted by Crippen LogP contribution is -2.41. The number of carbonyl (C=O) groups is 1. The second kappa shape index (κ2) is 7.23. The third-order valence-corrected chi connectivity index (χ3v) is 4.44. The largest absolute Gasteiger partial charge is 0.335 e. The first kappa shape index (κ1) is 16.2. The summed E-state index contributed by atoms with van der Waals surface area (Å²) >= 11 is 0. The van der Waals surface area contributed by atoms with E-state index in [-0.39, 0.29) is 24.4 Å². The maximum Gasteiger partial charge on any atom is 0.226 e. The van der Waals surface area contributed by atoms with Crippen LogP contribution in [0, 0.1) is 5.92 Å². The molecule has 1 aromatic rings. The van der Waals surface area contributed by atoms with E-state index in [1.165, 1.54) is 5.56 Å². The monoisotopic (exact) mass is 309 g/mol. The molecule has 1 amide bonds. The molecule has 0 aromatic carbocycles. The van der Waals surface area contributed by atoms with Crippen LogP contribution in [0.3, 0.4) is 0 Å². The zero-order valence-electron chi connectivity index (χ0n) is 12.3. The van der Waals surface area contributed by atoms with E-state index in [0.717, 1.165) is 45.1 Å². The van der Waals surface area contributed by atoms with Crippen LogP contribution in [-0.2, 0) is 11.3 Å². The van der Waals surface area contributed by atoms with Crippen molar-refractivity contribution >= 4 is 18.3 Å². The minimum atomic E-state index is 0. The maximum atomic E-state index is 12.8. The van der Waals surface area contributed by atoms with Gasteiger partial charge in [0.15, 0.2) is 0 Å². The molecule has 0 saturated heterocycles. The average molecular weight is 310 g/mol. The summed E-state index contributed by atoms with van der Waals surface area (Å²) in [6.45, 7) is 0.720. The number of aromatic nitrogens is 1. The smallest absolute Gasteiger partial charge is 0.226 e. The van der Waals surface area contributed by atoms with Gasteiger partial charge in [-0.3, -0.25) is 9.78 Å². The third-order valence-electron chi connectivity index (χ3n) is 4.44. The van der Waals surface area contributed by atoms with Crippen LogP contribution in [0.4, 0.5) is 0 Å². The number of rotatable bonds is 4. The number of halogens is 1. The van der Waals surface area contributed by atoms with Crippen molar-refractivity contribution in [3.05, 3.63) is 30.1 Å². The first-order chi connectivity index (χ1) is 9.74. The highest BCUT2D eigenvalue weighted by molar-refractivity contribution is 5.85. The van der Waals surface area contributed by atoms with Crippen LogP contribution in [0.5, 0.6) is 0 Å². The molecule has 0 bridgehead atoms. The summed E-state index contributed by atoms with van der Waals surface area (Å²) < 4.78 is 0. The molecular weight excluding hydrogens is 286 g/mol. The van der Waals surface area contributed by atoms with Crippen LogP contribution >= 0.6 is 12.4 Å². The number of nitrogens with two attached hydrogens (primary N) is 1. The maximum absolute atomic E-state index is 12.8. The van der Waals surface area contributed by atoms with Crippen molar-refractivity contribution in [1.82, 2.24) is 9.88 Å². The Kier molecular flexibility index (Phi) is 5.59. The second-order valence-corrected chi connectivity index (χ2v) is 6.18. The van der Waals surface area contributed by atoms with Gasteiger partial charge in [-0.15, -0.1) is 12.4 Å². The molecule has 1 aromatic heterocycles. The van der Waals surface area contributed by atoms with Gasteiger partial charge >= 0.3 is 0 Å². The van der Waals surface area contributed by atoms with Crippen LogP contribution in [0.15, 0.2) is 24.5 Å². The van der Waals surface area contributed by atoms with E-state index in [1.807, 2.05) is 12.1 Å². The molecule has 2 atom stereocenters. The van der Waals surface area contributed by atoms with E-state index in [9.17, 15) is 4.79 Å². The van der Waals surface area contributed by atoms with E-state index >= 15 is 0 Å². The summed E-state index contributed by atoms with van der Waals surface area (Å²) in [6.07, 6.45) is 9.90. The van der Waals surface area contributed by atoms with Crippen LogP contribution in [-0.4, -0.2) is 27.9 Å². The number of nitrogens with zero attached hydrogens (tertiary/aromatic N) is 2. The number of amides is 1. The van der Waals surface area contributed by atoms with Crippen molar-refractivity contribution in [1.29, 1.82) is 0 Å². The number of hydrogen-bond donors (Lipinski definition) is 1. The topological polar surface area (TPSA) is 59.2 Å². The molecule has 0 radical (unpaired) electrons. The summed E-state index contributed by atoms with van der Waals surface area (Å²) in [5.74, 6) is 0.459. The van der Waals surface area contributed by atoms with Crippen molar-refractivity contribution in [2.45, 2.75) is 57.2 Å². The molecule has 2 saturated carbocycles. The standard InChI is InChI=1S/C16H23N3O.ClH/c17-14-3-1-2-13(10-14)16(20)19(15-4-5-15)11-12-6-8-18-9-7-12;/h6-9,13-15H,1-5,10-11,17H2;1H. The van der Waals surface area contributed by atoms with Gasteiger partial charge in [-0.25, -0.2) is 0 Å². The fraction of sp³-hybridized carbons (Fsp3) is 0.625. The highest BCUT2D eigenvalue weighted by atomic mass is 35.5. The number of hydrogen-bond acceptors (Lipinski definition) is 3. The SMILES string of the molecule is Cl.NC1CCCC(C(=O)N(Cc2ccncc2)C2CC2)C1.